The van der Waals surface area contributed by atoms with E-state index in [1.165, 1.54) is 4.57 Å². The summed E-state index contributed by atoms with van der Waals surface area (Å²) in [6.45, 7) is 5.98. The zero-order valence-corrected chi connectivity index (χ0v) is 27.3. The molecule has 0 aliphatic heterocycles. The van der Waals surface area contributed by atoms with Crippen molar-refractivity contribution in [3.8, 4) is 16.9 Å². The van der Waals surface area contributed by atoms with Crippen LogP contribution >= 0.6 is 11.6 Å². The lowest BCUT2D eigenvalue weighted by atomic mass is 10.00. The second-order valence-corrected chi connectivity index (χ2v) is 12.3. The molecule has 246 valence electrons. The molecule has 3 aromatic heterocycles. The van der Waals surface area contributed by atoms with Gasteiger partial charge in [0.1, 0.15) is 5.65 Å². The lowest BCUT2D eigenvalue weighted by Crippen LogP contribution is -2.36. The van der Waals surface area contributed by atoms with E-state index < -0.39 is 11.5 Å². The van der Waals surface area contributed by atoms with Crippen LogP contribution in [0.2, 0.25) is 5.02 Å². The molecule has 13 heteroatoms. The van der Waals surface area contributed by atoms with Gasteiger partial charge in [0.15, 0.2) is 11.8 Å². The molecule has 0 spiro atoms. The highest BCUT2D eigenvalue weighted by molar-refractivity contribution is 6.31. The third-order valence-electron chi connectivity index (χ3n) is 7.79. The number of rotatable bonds is 15. The second-order valence-electron chi connectivity index (χ2n) is 11.9. The van der Waals surface area contributed by atoms with Crippen molar-refractivity contribution in [2.45, 2.75) is 52.1 Å². The van der Waals surface area contributed by atoms with E-state index >= 15 is 4.39 Å². The standard InChI is InChI=1S/C34H40ClFN10O/c1-21(2)5-3-6-23-15-27(30(36)28(35)16-23)29-17-24-20-46(34(47)45-31(24)44-29)26-9-7-22(8-10-26)18-42-25(11-14-39-32(37)38)19-43-33-40-12-4-13-41-33/h4,7-10,12-13,15-17,20-21,25,42H,3,5-6,11,14,18-19H2,1-2H3,(H4,37,38,39)(H,40,41,43)(H,44,45,47)/t25-/m1/s1. The van der Waals surface area contributed by atoms with Gasteiger partial charge in [0.25, 0.3) is 0 Å². The molecule has 0 aliphatic carbocycles. The van der Waals surface area contributed by atoms with Crippen molar-refractivity contribution in [2.75, 3.05) is 18.4 Å². The Morgan fingerprint density at radius 3 is 2.57 bits per heavy atom. The maximum absolute atomic E-state index is 15.2. The largest absolute Gasteiger partial charge is 0.370 e. The predicted molar refractivity (Wildman–Crippen MR) is 186 cm³/mol. The van der Waals surface area contributed by atoms with Crippen LogP contribution < -0.4 is 27.8 Å². The molecule has 0 fully saturated rings. The van der Waals surface area contributed by atoms with E-state index in [4.69, 9.17) is 23.1 Å². The Balaban J connectivity index is 1.29. The summed E-state index contributed by atoms with van der Waals surface area (Å²) in [5.41, 5.74) is 14.4. The van der Waals surface area contributed by atoms with Crippen LogP contribution in [0, 0.1) is 11.7 Å². The van der Waals surface area contributed by atoms with Gasteiger partial charge in [-0.1, -0.05) is 44.0 Å². The number of aryl methyl sites for hydroxylation is 1. The SMILES string of the molecule is CC(C)CCCc1cc(Cl)c(F)c(-c2cc3cn(-c4ccc(CN[C@H](CCN=C(N)N)CNc5ncccn5)cc4)c(=O)nc3[nH]2)c1. The zero-order valence-electron chi connectivity index (χ0n) is 26.5. The van der Waals surface area contributed by atoms with Crippen LogP contribution in [0.4, 0.5) is 10.3 Å². The van der Waals surface area contributed by atoms with Crippen molar-refractivity contribution < 1.29 is 4.39 Å². The van der Waals surface area contributed by atoms with E-state index in [1.54, 1.807) is 36.8 Å². The predicted octanol–water partition coefficient (Wildman–Crippen LogP) is 5.18. The Bertz CT molecular complexity index is 1870. The fraction of sp³-hybridized carbons (Fsp3) is 0.324. The molecule has 0 saturated carbocycles. The maximum Gasteiger partial charge on any atom is 0.354 e. The highest BCUT2D eigenvalue weighted by Gasteiger charge is 2.16. The highest BCUT2D eigenvalue weighted by Crippen LogP contribution is 2.31. The van der Waals surface area contributed by atoms with E-state index in [-0.39, 0.29) is 17.0 Å². The number of fused-ring (bicyclic) bond motifs is 1. The molecule has 0 saturated heterocycles. The average molecular weight is 659 g/mol. The molecule has 7 N–H and O–H groups in total. The van der Waals surface area contributed by atoms with Gasteiger partial charge < -0.3 is 27.1 Å². The van der Waals surface area contributed by atoms with Crippen LogP contribution in [0.3, 0.4) is 0 Å². The number of nitrogens with one attached hydrogen (secondary N) is 3. The number of hydrogen-bond donors (Lipinski definition) is 5. The fourth-order valence-electron chi connectivity index (χ4n) is 5.29. The Morgan fingerprint density at radius 1 is 1.09 bits per heavy atom. The van der Waals surface area contributed by atoms with Crippen LogP contribution in [0.15, 0.2) is 76.9 Å². The van der Waals surface area contributed by atoms with Crippen molar-refractivity contribution in [3.05, 3.63) is 99.6 Å². The summed E-state index contributed by atoms with van der Waals surface area (Å²) in [5.74, 6) is 0.675. The van der Waals surface area contributed by atoms with Gasteiger partial charge in [-0.25, -0.2) is 19.2 Å². The van der Waals surface area contributed by atoms with E-state index in [0.717, 1.165) is 30.4 Å². The number of benzene rings is 2. The molecular weight excluding hydrogens is 619 g/mol. The topological polar surface area (TPSA) is 165 Å². The second kappa shape index (κ2) is 15.7. The van der Waals surface area contributed by atoms with Crippen molar-refractivity contribution in [3.63, 3.8) is 0 Å². The molecule has 0 radical (unpaired) electrons. The van der Waals surface area contributed by atoms with Crippen molar-refractivity contribution >= 4 is 34.5 Å². The van der Waals surface area contributed by atoms with Crippen LogP contribution in [-0.4, -0.2) is 49.6 Å². The number of hydrogen-bond acceptors (Lipinski definition) is 7. The monoisotopic (exact) mass is 658 g/mol. The minimum atomic E-state index is -0.507. The molecule has 0 aliphatic rings. The summed E-state index contributed by atoms with van der Waals surface area (Å²) in [6, 6.07) is 14.7. The van der Waals surface area contributed by atoms with E-state index in [1.807, 2.05) is 30.3 Å². The molecule has 47 heavy (non-hydrogen) atoms. The summed E-state index contributed by atoms with van der Waals surface area (Å²) in [5, 5.41) is 7.50. The minimum Gasteiger partial charge on any atom is -0.370 e. The van der Waals surface area contributed by atoms with Crippen LogP contribution in [0.1, 0.15) is 44.2 Å². The van der Waals surface area contributed by atoms with Crippen LogP contribution in [0.25, 0.3) is 28.0 Å². The number of H-pyrrole nitrogens is 1. The summed E-state index contributed by atoms with van der Waals surface area (Å²) in [7, 11) is 0. The first-order valence-electron chi connectivity index (χ1n) is 15.7. The van der Waals surface area contributed by atoms with Gasteiger partial charge in [-0.3, -0.25) is 9.56 Å². The van der Waals surface area contributed by atoms with Gasteiger partial charge in [0, 0.05) is 55.2 Å². The Labute approximate surface area is 277 Å². The number of nitrogens with zero attached hydrogens (tertiary/aromatic N) is 5. The quantitative estimate of drug-likeness (QED) is 0.0759. The molecule has 0 unspecified atom stereocenters. The Hall–Kier alpha value is -4.81. The summed E-state index contributed by atoms with van der Waals surface area (Å²) < 4.78 is 16.6. The van der Waals surface area contributed by atoms with E-state index in [2.05, 4.69) is 49.4 Å². The molecule has 2 aromatic carbocycles. The molecule has 5 rings (SSSR count). The third kappa shape index (κ3) is 9.14. The highest BCUT2D eigenvalue weighted by atomic mass is 35.5. The first-order chi connectivity index (χ1) is 22.7. The van der Waals surface area contributed by atoms with Gasteiger partial charge in [-0.2, -0.15) is 4.98 Å². The minimum absolute atomic E-state index is 0.0269. The fourth-order valence-corrected chi connectivity index (χ4v) is 5.53. The number of aliphatic imine (C=N–C) groups is 1. The Kier molecular flexibility index (Phi) is 11.2. The first-order valence-corrected chi connectivity index (χ1v) is 16.0. The molecule has 1 atom stereocenters. The number of nitrogens with two attached hydrogens (primary N) is 2. The van der Waals surface area contributed by atoms with Gasteiger partial charge in [0.05, 0.1) is 16.4 Å². The van der Waals surface area contributed by atoms with Crippen LogP contribution in [-0.2, 0) is 13.0 Å². The normalized spacial score (nSPS) is 12.0. The molecule has 5 aromatic rings. The molecule has 11 nitrogen and oxygen atoms in total. The Morgan fingerprint density at radius 2 is 1.85 bits per heavy atom. The number of guanidine groups is 1. The molecular formula is C34H40ClFN10O. The van der Waals surface area contributed by atoms with Crippen molar-refractivity contribution in [1.82, 2.24) is 29.8 Å². The smallest absolute Gasteiger partial charge is 0.354 e. The van der Waals surface area contributed by atoms with Gasteiger partial charge >= 0.3 is 5.69 Å². The summed E-state index contributed by atoms with van der Waals surface area (Å²) in [4.78, 5) is 32.9. The third-order valence-corrected chi connectivity index (χ3v) is 8.06. The number of aromatic amines is 1. The van der Waals surface area contributed by atoms with E-state index in [0.29, 0.717) is 65.9 Å². The molecule has 3 heterocycles. The van der Waals surface area contributed by atoms with E-state index in [9.17, 15) is 4.79 Å². The number of halogens is 2. The lowest BCUT2D eigenvalue weighted by molar-refractivity contribution is 0.502. The number of aromatic nitrogens is 5. The zero-order chi connectivity index (χ0) is 33.3. The van der Waals surface area contributed by atoms with Gasteiger partial charge in [0.2, 0.25) is 5.95 Å². The van der Waals surface area contributed by atoms with Gasteiger partial charge in [-0.15, -0.1) is 0 Å². The maximum atomic E-state index is 15.2. The van der Waals surface area contributed by atoms with Crippen molar-refractivity contribution in [1.29, 1.82) is 0 Å². The van der Waals surface area contributed by atoms with Gasteiger partial charge in [-0.05, 0) is 72.7 Å². The molecule has 0 amide bonds. The lowest BCUT2D eigenvalue weighted by Gasteiger charge is -2.19. The first kappa shape index (κ1) is 33.6. The molecule has 0 bridgehead atoms. The summed E-state index contributed by atoms with van der Waals surface area (Å²) >= 11 is 6.28. The van der Waals surface area contributed by atoms with Crippen molar-refractivity contribution in [2.24, 2.45) is 22.4 Å². The summed E-state index contributed by atoms with van der Waals surface area (Å²) in [6.07, 6.45) is 8.62. The average Bonchev–Trinajstić information content (AvgIpc) is 3.46. The van der Waals surface area contributed by atoms with Crippen LogP contribution in [0.5, 0.6) is 0 Å². The number of anilines is 1.